The zero-order chi connectivity index (χ0) is 23.3. The van der Waals surface area contributed by atoms with Crippen molar-refractivity contribution in [2.75, 3.05) is 12.0 Å². The van der Waals surface area contributed by atoms with Crippen molar-refractivity contribution >= 4 is 39.4 Å². The van der Waals surface area contributed by atoms with Crippen LogP contribution in [0.25, 0.3) is 0 Å². The van der Waals surface area contributed by atoms with Gasteiger partial charge in [0.25, 0.3) is 5.91 Å². The van der Waals surface area contributed by atoms with Crippen LogP contribution in [0.5, 0.6) is 0 Å². The lowest BCUT2D eigenvalue weighted by molar-refractivity contribution is -0.131. The molecule has 3 heterocycles. The van der Waals surface area contributed by atoms with Gasteiger partial charge in [-0.25, -0.2) is 9.78 Å². The minimum absolute atomic E-state index is 0.0454. The lowest BCUT2D eigenvalue weighted by Gasteiger charge is -2.37. The molecule has 4 unspecified atom stereocenters. The Bertz CT molecular complexity index is 1180. The van der Waals surface area contributed by atoms with Crippen LogP contribution in [0, 0.1) is 12.8 Å². The number of aryl methyl sites for hydroxylation is 1. The number of anilines is 1. The molecule has 2 aliphatic heterocycles. The van der Waals surface area contributed by atoms with Crippen molar-refractivity contribution in [3.05, 3.63) is 70.6 Å². The molecule has 1 saturated carbocycles. The number of carbonyl (C=O) groups is 3. The summed E-state index contributed by atoms with van der Waals surface area (Å²) in [5.74, 6) is -0.578. The van der Waals surface area contributed by atoms with Crippen LogP contribution in [0.1, 0.15) is 46.8 Å². The number of amides is 1. The molecule has 2 aromatic rings. The highest BCUT2D eigenvalue weighted by molar-refractivity contribution is 9.09. The Balaban J connectivity index is 1.62. The maximum absolute atomic E-state index is 13.7. The third kappa shape index (κ3) is 3.66. The molecule has 1 amide bonds. The van der Waals surface area contributed by atoms with Gasteiger partial charge in [0, 0.05) is 11.0 Å². The SMILES string of the molecule is COC(=O)c1ccc(C2C3=C(OC4CCC(Br)CC4C3=O)C(=O)N2c2cc(C)ccn2)cc1. The number of hydrogen-bond donors (Lipinski definition) is 0. The van der Waals surface area contributed by atoms with Gasteiger partial charge in [-0.1, -0.05) is 28.1 Å². The van der Waals surface area contributed by atoms with Crippen LogP contribution in [-0.2, 0) is 19.1 Å². The van der Waals surface area contributed by atoms with E-state index < -0.39 is 12.0 Å². The number of esters is 1. The average molecular weight is 511 g/mol. The Hall–Kier alpha value is -3.00. The lowest BCUT2D eigenvalue weighted by Crippen LogP contribution is -2.41. The molecule has 1 aliphatic carbocycles. The molecule has 0 radical (unpaired) electrons. The van der Waals surface area contributed by atoms with Crippen molar-refractivity contribution in [1.29, 1.82) is 0 Å². The summed E-state index contributed by atoms with van der Waals surface area (Å²) in [6, 6.07) is 9.75. The number of nitrogens with zero attached hydrogens (tertiary/aromatic N) is 2. The quantitative estimate of drug-likeness (QED) is 0.457. The molecule has 0 spiro atoms. The number of hydrogen-bond acceptors (Lipinski definition) is 6. The summed E-state index contributed by atoms with van der Waals surface area (Å²) >= 11 is 3.65. The summed E-state index contributed by atoms with van der Waals surface area (Å²) in [5, 5.41) is 0. The fourth-order valence-electron chi connectivity index (χ4n) is 4.94. The van der Waals surface area contributed by atoms with E-state index in [0.29, 0.717) is 28.9 Å². The minimum atomic E-state index is -0.683. The fraction of sp³-hybridized carbons (Fsp3) is 0.360. The Morgan fingerprint density at radius 1 is 1.18 bits per heavy atom. The highest BCUT2D eigenvalue weighted by Gasteiger charge is 2.53. The van der Waals surface area contributed by atoms with Gasteiger partial charge in [0.05, 0.1) is 30.2 Å². The maximum atomic E-state index is 13.7. The molecule has 5 rings (SSSR count). The third-order valence-electron chi connectivity index (χ3n) is 6.58. The third-order valence-corrected chi connectivity index (χ3v) is 7.41. The van der Waals surface area contributed by atoms with Crippen molar-refractivity contribution in [3.63, 3.8) is 0 Å². The molecule has 0 saturated heterocycles. The molecule has 3 aliphatic rings. The molecule has 1 fully saturated rings. The van der Waals surface area contributed by atoms with E-state index in [1.807, 2.05) is 19.1 Å². The molecule has 7 nitrogen and oxygen atoms in total. The molecular weight excluding hydrogens is 488 g/mol. The highest BCUT2D eigenvalue weighted by atomic mass is 79.9. The fourth-order valence-corrected chi connectivity index (χ4v) is 5.61. The summed E-state index contributed by atoms with van der Waals surface area (Å²) < 4.78 is 11.0. The number of ether oxygens (including phenoxy) is 2. The Labute approximate surface area is 199 Å². The van der Waals surface area contributed by atoms with Crippen LogP contribution in [0.3, 0.4) is 0 Å². The molecule has 1 aromatic heterocycles. The normalized spacial score (nSPS) is 26.6. The van der Waals surface area contributed by atoms with E-state index in [0.717, 1.165) is 18.4 Å². The van der Waals surface area contributed by atoms with E-state index in [9.17, 15) is 14.4 Å². The van der Waals surface area contributed by atoms with Gasteiger partial charge in [-0.15, -0.1) is 0 Å². The van der Waals surface area contributed by atoms with Crippen LogP contribution in [0.4, 0.5) is 5.82 Å². The molecule has 0 bridgehead atoms. The van der Waals surface area contributed by atoms with E-state index in [4.69, 9.17) is 9.47 Å². The van der Waals surface area contributed by atoms with E-state index in [2.05, 4.69) is 20.9 Å². The number of alkyl halides is 1. The second-order valence-electron chi connectivity index (χ2n) is 8.66. The topological polar surface area (TPSA) is 85.8 Å². The number of Topliss-reactive ketones (excluding diaryl/α,β-unsaturated/α-hetero) is 1. The Morgan fingerprint density at radius 3 is 2.64 bits per heavy atom. The summed E-state index contributed by atoms with van der Waals surface area (Å²) in [6.07, 6.45) is 3.64. The number of aromatic nitrogens is 1. The van der Waals surface area contributed by atoms with E-state index >= 15 is 0 Å². The number of carbonyl (C=O) groups excluding carboxylic acids is 3. The first-order chi connectivity index (χ1) is 15.9. The molecule has 1 aromatic carbocycles. The molecule has 8 heteroatoms. The van der Waals surface area contributed by atoms with E-state index in [1.54, 1.807) is 30.5 Å². The van der Waals surface area contributed by atoms with E-state index in [1.165, 1.54) is 12.0 Å². The standard InChI is InChI=1S/C25H23BrN2O5/c1-13-9-10-27-19(11-13)28-21(14-3-5-15(6-4-14)25(31)32-2)20-22(29)17-12-16(26)7-8-18(17)33-23(20)24(28)30/h3-6,9-11,16-18,21H,7-8,12H2,1-2H3. The first-order valence-electron chi connectivity index (χ1n) is 10.9. The van der Waals surface area contributed by atoms with E-state index in [-0.39, 0.29) is 34.3 Å². The minimum Gasteiger partial charge on any atom is -0.483 e. The highest BCUT2D eigenvalue weighted by Crippen LogP contribution is 2.48. The number of rotatable bonds is 3. The predicted molar refractivity (Wildman–Crippen MR) is 124 cm³/mol. The van der Waals surface area contributed by atoms with Gasteiger partial charge in [0.15, 0.2) is 11.5 Å². The van der Waals surface area contributed by atoms with Gasteiger partial charge in [-0.2, -0.15) is 0 Å². The van der Waals surface area contributed by atoms with Gasteiger partial charge in [0.1, 0.15) is 11.9 Å². The van der Waals surface area contributed by atoms with Crippen molar-refractivity contribution in [2.24, 2.45) is 5.92 Å². The number of fused-ring (bicyclic) bond motifs is 1. The molecule has 4 atom stereocenters. The van der Waals surface area contributed by atoms with Gasteiger partial charge in [0.2, 0.25) is 0 Å². The molecule has 170 valence electrons. The van der Waals surface area contributed by atoms with Gasteiger partial charge < -0.3 is 9.47 Å². The summed E-state index contributed by atoms with van der Waals surface area (Å²) in [6.45, 7) is 1.92. The Kier molecular flexibility index (Phi) is 5.56. The van der Waals surface area contributed by atoms with Crippen molar-refractivity contribution < 1.29 is 23.9 Å². The van der Waals surface area contributed by atoms with Gasteiger partial charge in [-0.3, -0.25) is 14.5 Å². The summed E-state index contributed by atoms with van der Waals surface area (Å²) in [5.41, 5.74) is 2.41. The van der Waals surface area contributed by atoms with Crippen molar-refractivity contribution in [2.45, 2.75) is 43.2 Å². The summed E-state index contributed by atoms with van der Waals surface area (Å²) in [7, 11) is 1.32. The monoisotopic (exact) mass is 510 g/mol. The second-order valence-corrected chi connectivity index (χ2v) is 9.96. The summed E-state index contributed by atoms with van der Waals surface area (Å²) in [4.78, 5) is 45.5. The zero-order valence-electron chi connectivity index (χ0n) is 18.3. The first-order valence-corrected chi connectivity index (χ1v) is 11.8. The number of benzene rings is 1. The van der Waals surface area contributed by atoms with Crippen LogP contribution in [-0.4, -0.2) is 40.7 Å². The number of methoxy groups -OCH3 is 1. The van der Waals surface area contributed by atoms with Crippen LogP contribution < -0.4 is 4.90 Å². The van der Waals surface area contributed by atoms with Crippen LogP contribution in [0.2, 0.25) is 0 Å². The second kappa shape index (κ2) is 8.41. The van der Waals surface area contributed by atoms with Crippen molar-refractivity contribution in [3.8, 4) is 0 Å². The molecular formula is C25H23BrN2O5. The maximum Gasteiger partial charge on any atom is 0.337 e. The van der Waals surface area contributed by atoms with Crippen molar-refractivity contribution in [1.82, 2.24) is 4.98 Å². The number of halogens is 1. The Morgan fingerprint density at radius 2 is 1.94 bits per heavy atom. The smallest absolute Gasteiger partial charge is 0.337 e. The first kappa shape index (κ1) is 21.8. The van der Waals surface area contributed by atoms with Gasteiger partial charge >= 0.3 is 5.97 Å². The zero-order valence-corrected chi connectivity index (χ0v) is 19.9. The van der Waals surface area contributed by atoms with Crippen LogP contribution in [0.15, 0.2) is 53.9 Å². The number of ketones is 1. The largest absolute Gasteiger partial charge is 0.483 e. The number of pyridine rings is 1. The molecule has 33 heavy (non-hydrogen) atoms. The van der Waals surface area contributed by atoms with Crippen LogP contribution >= 0.6 is 15.9 Å². The predicted octanol–water partition coefficient (Wildman–Crippen LogP) is 4.05. The lowest BCUT2D eigenvalue weighted by atomic mass is 9.77. The molecule has 0 N–H and O–H groups in total. The average Bonchev–Trinajstić information content (AvgIpc) is 3.11. The van der Waals surface area contributed by atoms with Gasteiger partial charge in [-0.05, 0) is 61.6 Å².